The highest BCUT2D eigenvalue weighted by atomic mass is 15.1. The summed E-state index contributed by atoms with van der Waals surface area (Å²) in [6.07, 6.45) is 0. The lowest BCUT2D eigenvalue weighted by atomic mass is 10.1. The van der Waals surface area contributed by atoms with Gasteiger partial charge in [-0.05, 0) is 23.6 Å². The number of fused-ring (bicyclic) bond motifs is 1. The molecule has 86 valence electrons. The molecule has 0 saturated carbocycles. The SMILES string of the molecule is Cc1cccc(CN2Cc3ccccc3C2)c1. The predicted octanol–water partition coefficient (Wildman–Crippen LogP) is 3.51. The minimum atomic E-state index is 1.05. The molecule has 0 aromatic heterocycles. The van der Waals surface area contributed by atoms with Gasteiger partial charge < -0.3 is 0 Å². The van der Waals surface area contributed by atoms with E-state index in [2.05, 4.69) is 60.4 Å². The lowest BCUT2D eigenvalue weighted by molar-refractivity contribution is 0.275. The Bertz CT molecular complexity index is 506. The molecule has 0 amide bonds. The van der Waals surface area contributed by atoms with Gasteiger partial charge in [0.05, 0.1) is 0 Å². The monoisotopic (exact) mass is 223 g/mol. The standard InChI is InChI=1S/C16H17N/c1-13-5-4-6-14(9-13)10-17-11-15-7-2-3-8-16(15)12-17/h2-9H,10-12H2,1H3. The van der Waals surface area contributed by atoms with E-state index in [0.717, 1.165) is 19.6 Å². The van der Waals surface area contributed by atoms with E-state index in [-0.39, 0.29) is 0 Å². The molecule has 1 aliphatic heterocycles. The van der Waals surface area contributed by atoms with Gasteiger partial charge in [0.15, 0.2) is 0 Å². The number of nitrogens with zero attached hydrogens (tertiary/aromatic N) is 1. The predicted molar refractivity (Wildman–Crippen MR) is 70.6 cm³/mol. The Morgan fingerprint density at radius 1 is 0.941 bits per heavy atom. The van der Waals surface area contributed by atoms with Gasteiger partial charge in [0.1, 0.15) is 0 Å². The van der Waals surface area contributed by atoms with Crippen LogP contribution in [0.3, 0.4) is 0 Å². The molecule has 0 unspecified atom stereocenters. The van der Waals surface area contributed by atoms with Crippen LogP contribution in [0.1, 0.15) is 22.3 Å². The molecule has 0 bridgehead atoms. The highest BCUT2D eigenvalue weighted by Gasteiger charge is 2.17. The number of hydrogen-bond donors (Lipinski definition) is 0. The molecule has 1 aliphatic rings. The van der Waals surface area contributed by atoms with Crippen molar-refractivity contribution in [2.24, 2.45) is 0 Å². The zero-order valence-electron chi connectivity index (χ0n) is 10.2. The highest BCUT2D eigenvalue weighted by molar-refractivity contribution is 5.31. The summed E-state index contributed by atoms with van der Waals surface area (Å²) in [6.45, 7) is 5.38. The molecule has 0 saturated heterocycles. The van der Waals surface area contributed by atoms with E-state index >= 15 is 0 Å². The number of benzene rings is 2. The number of hydrogen-bond acceptors (Lipinski definition) is 1. The van der Waals surface area contributed by atoms with Crippen LogP contribution in [0.5, 0.6) is 0 Å². The van der Waals surface area contributed by atoms with Gasteiger partial charge in [-0.3, -0.25) is 4.90 Å². The molecule has 1 heteroatoms. The van der Waals surface area contributed by atoms with Crippen molar-refractivity contribution in [3.8, 4) is 0 Å². The summed E-state index contributed by atoms with van der Waals surface area (Å²) in [5.74, 6) is 0. The smallest absolute Gasteiger partial charge is 0.0244 e. The second-order valence-electron chi connectivity index (χ2n) is 4.90. The first-order valence-corrected chi connectivity index (χ1v) is 6.16. The van der Waals surface area contributed by atoms with Crippen LogP contribution in [0.2, 0.25) is 0 Å². The van der Waals surface area contributed by atoms with Gasteiger partial charge in [-0.15, -0.1) is 0 Å². The molecular formula is C16H17N. The Morgan fingerprint density at radius 3 is 2.29 bits per heavy atom. The van der Waals surface area contributed by atoms with Crippen molar-refractivity contribution in [2.75, 3.05) is 0 Å². The molecule has 17 heavy (non-hydrogen) atoms. The van der Waals surface area contributed by atoms with Gasteiger partial charge in [0.2, 0.25) is 0 Å². The minimum absolute atomic E-state index is 1.05. The summed E-state index contributed by atoms with van der Waals surface area (Å²) in [5.41, 5.74) is 5.73. The van der Waals surface area contributed by atoms with Crippen LogP contribution >= 0.6 is 0 Å². The molecular weight excluding hydrogens is 206 g/mol. The maximum Gasteiger partial charge on any atom is 0.0244 e. The van der Waals surface area contributed by atoms with E-state index in [1.165, 1.54) is 22.3 Å². The summed E-state index contributed by atoms with van der Waals surface area (Å²) < 4.78 is 0. The van der Waals surface area contributed by atoms with Crippen molar-refractivity contribution in [2.45, 2.75) is 26.6 Å². The molecule has 0 N–H and O–H groups in total. The van der Waals surface area contributed by atoms with Gasteiger partial charge >= 0.3 is 0 Å². The molecule has 3 rings (SSSR count). The number of aryl methyl sites for hydroxylation is 1. The normalized spacial score (nSPS) is 14.9. The summed E-state index contributed by atoms with van der Waals surface area (Å²) in [4.78, 5) is 2.50. The second-order valence-corrected chi connectivity index (χ2v) is 4.90. The summed E-state index contributed by atoms with van der Waals surface area (Å²) >= 11 is 0. The minimum Gasteiger partial charge on any atom is -0.291 e. The lowest BCUT2D eigenvalue weighted by Crippen LogP contribution is -2.15. The van der Waals surface area contributed by atoms with Crippen LogP contribution in [0.4, 0.5) is 0 Å². The summed E-state index contributed by atoms with van der Waals surface area (Å²) in [6, 6.07) is 17.6. The summed E-state index contributed by atoms with van der Waals surface area (Å²) in [7, 11) is 0. The topological polar surface area (TPSA) is 3.24 Å². The molecule has 2 aromatic carbocycles. The van der Waals surface area contributed by atoms with Crippen molar-refractivity contribution < 1.29 is 0 Å². The Kier molecular flexibility index (Phi) is 2.69. The van der Waals surface area contributed by atoms with Gasteiger partial charge in [0.25, 0.3) is 0 Å². The molecule has 2 aromatic rings. The Morgan fingerprint density at radius 2 is 1.65 bits per heavy atom. The van der Waals surface area contributed by atoms with Gasteiger partial charge in [-0.25, -0.2) is 0 Å². The quantitative estimate of drug-likeness (QED) is 0.753. The van der Waals surface area contributed by atoms with Gasteiger partial charge in [-0.1, -0.05) is 54.1 Å². The van der Waals surface area contributed by atoms with E-state index in [1.807, 2.05) is 0 Å². The van der Waals surface area contributed by atoms with Crippen molar-refractivity contribution in [1.29, 1.82) is 0 Å². The van der Waals surface area contributed by atoms with Crippen molar-refractivity contribution in [3.63, 3.8) is 0 Å². The van der Waals surface area contributed by atoms with Gasteiger partial charge in [0, 0.05) is 19.6 Å². The van der Waals surface area contributed by atoms with Crippen LogP contribution in [0.15, 0.2) is 48.5 Å². The Balaban J connectivity index is 1.74. The first kappa shape index (κ1) is 10.5. The molecule has 1 heterocycles. The molecule has 1 nitrogen and oxygen atoms in total. The highest BCUT2D eigenvalue weighted by Crippen LogP contribution is 2.23. The van der Waals surface area contributed by atoms with Crippen LogP contribution < -0.4 is 0 Å². The first-order chi connectivity index (χ1) is 8.31. The van der Waals surface area contributed by atoms with Crippen LogP contribution in [0, 0.1) is 6.92 Å². The third-order valence-corrected chi connectivity index (χ3v) is 3.39. The molecule has 0 fully saturated rings. The average Bonchev–Trinajstić information content (AvgIpc) is 2.71. The zero-order valence-corrected chi connectivity index (χ0v) is 10.2. The average molecular weight is 223 g/mol. The van der Waals surface area contributed by atoms with Gasteiger partial charge in [-0.2, -0.15) is 0 Å². The molecule has 0 aliphatic carbocycles. The largest absolute Gasteiger partial charge is 0.291 e. The Hall–Kier alpha value is -1.60. The fourth-order valence-corrected chi connectivity index (χ4v) is 2.58. The van der Waals surface area contributed by atoms with E-state index in [4.69, 9.17) is 0 Å². The van der Waals surface area contributed by atoms with E-state index in [9.17, 15) is 0 Å². The molecule has 0 spiro atoms. The van der Waals surface area contributed by atoms with Crippen molar-refractivity contribution in [1.82, 2.24) is 4.90 Å². The maximum absolute atomic E-state index is 2.50. The fourth-order valence-electron chi connectivity index (χ4n) is 2.58. The lowest BCUT2D eigenvalue weighted by Gasteiger charge is -2.15. The third-order valence-electron chi connectivity index (χ3n) is 3.39. The molecule has 0 radical (unpaired) electrons. The van der Waals surface area contributed by atoms with Crippen LogP contribution in [0.25, 0.3) is 0 Å². The third kappa shape index (κ3) is 2.25. The van der Waals surface area contributed by atoms with Crippen molar-refractivity contribution in [3.05, 3.63) is 70.8 Å². The Labute approximate surface area is 103 Å². The second kappa shape index (κ2) is 4.34. The van der Waals surface area contributed by atoms with E-state index < -0.39 is 0 Å². The zero-order chi connectivity index (χ0) is 11.7. The first-order valence-electron chi connectivity index (χ1n) is 6.16. The fraction of sp³-hybridized carbons (Fsp3) is 0.250. The van der Waals surface area contributed by atoms with Crippen LogP contribution in [-0.2, 0) is 19.6 Å². The van der Waals surface area contributed by atoms with Crippen LogP contribution in [-0.4, -0.2) is 4.90 Å². The van der Waals surface area contributed by atoms with Crippen molar-refractivity contribution >= 4 is 0 Å². The maximum atomic E-state index is 2.50. The summed E-state index contributed by atoms with van der Waals surface area (Å²) in [5, 5.41) is 0. The van der Waals surface area contributed by atoms with E-state index in [1.54, 1.807) is 0 Å². The van der Waals surface area contributed by atoms with E-state index in [0.29, 0.717) is 0 Å². The molecule has 0 atom stereocenters. The number of rotatable bonds is 2.